The molecule has 120 valence electrons. The van der Waals surface area contributed by atoms with Gasteiger partial charge in [0.15, 0.2) is 19.7 Å². The van der Waals surface area contributed by atoms with E-state index in [1.54, 1.807) is 6.07 Å². The Morgan fingerprint density at radius 2 is 1.91 bits per heavy atom. The van der Waals surface area contributed by atoms with Crippen LogP contribution in [0.2, 0.25) is 0 Å². The normalized spacial score (nSPS) is 24.1. The van der Waals surface area contributed by atoms with Crippen molar-refractivity contribution in [3.63, 3.8) is 0 Å². The molecule has 2 fully saturated rings. The molecule has 1 saturated heterocycles. The fourth-order valence-corrected chi connectivity index (χ4v) is 6.91. The van der Waals surface area contributed by atoms with Gasteiger partial charge in [-0.05, 0) is 37.5 Å². The molecule has 0 unspecified atom stereocenters. The number of nitrogens with one attached hydrogen (secondary N) is 1. The minimum absolute atomic E-state index is 0.0121. The van der Waals surface area contributed by atoms with E-state index in [0.717, 1.165) is 12.8 Å². The number of carbonyl (C=O) groups is 1. The van der Waals surface area contributed by atoms with Gasteiger partial charge in [-0.1, -0.05) is 6.07 Å². The van der Waals surface area contributed by atoms with Gasteiger partial charge in [-0.15, -0.1) is 0 Å². The molecule has 0 radical (unpaired) electrons. The van der Waals surface area contributed by atoms with E-state index in [9.17, 15) is 21.6 Å². The van der Waals surface area contributed by atoms with Crippen molar-refractivity contribution in [3.05, 3.63) is 29.8 Å². The van der Waals surface area contributed by atoms with Crippen LogP contribution in [0, 0.1) is 0 Å². The molecule has 22 heavy (non-hydrogen) atoms. The van der Waals surface area contributed by atoms with E-state index in [2.05, 4.69) is 5.32 Å². The molecular weight excluding hydrogens is 326 g/mol. The summed E-state index contributed by atoms with van der Waals surface area (Å²) in [6, 6.07) is 6.00. The lowest BCUT2D eigenvalue weighted by molar-refractivity contribution is 0.0951. The molecule has 1 N–H and O–H groups in total. The largest absolute Gasteiger partial charge is 0.349 e. The van der Waals surface area contributed by atoms with E-state index in [4.69, 9.17) is 0 Å². The van der Waals surface area contributed by atoms with Crippen molar-refractivity contribution in [2.24, 2.45) is 0 Å². The Bertz CT molecular complexity index is 809. The average molecular weight is 343 g/mol. The summed E-state index contributed by atoms with van der Waals surface area (Å²) in [5.74, 6) is -0.731. The van der Waals surface area contributed by atoms with Crippen LogP contribution in [0.4, 0.5) is 0 Å². The number of amides is 1. The molecule has 3 rings (SSSR count). The van der Waals surface area contributed by atoms with Gasteiger partial charge in [0.2, 0.25) is 0 Å². The van der Waals surface area contributed by atoms with Crippen LogP contribution in [-0.4, -0.2) is 45.5 Å². The number of rotatable bonds is 4. The van der Waals surface area contributed by atoms with E-state index in [1.807, 2.05) is 0 Å². The van der Waals surface area contributed by atoms with Crippen molar-refractivity contribution < 1.29 is 21.6 Å². The van der Waals surface area contributed by atoms with Gasteiger partial charge >= 0.3 is 0 Å². The molecule has 1 aromatic rings. The van der Waals surface area contributed by atoms with Gasteiger partial charge in [0.25, 0.3) is 5.91 Å². The van der Waals surface area contributed by atoms with Crippen LogP contribution in [0.3, 0.4) is 0 Å². The topological polar surface area (TPSA) is 97.4 Å². The average Bonchev–Trinajstić information content (AvgIpc) is 3.20. The molecule has 1 aliphatic heterocycles. The molecule has 0 aromatic heterocycles. The standard InChI is InChI=1S/C14H17NO5S2/c16-14(15-11-4-5-11)10-2-1-3-12(8-10)22(19,20)13-6-7-21(17,18)9-13/h1-3,8,11,13H,4-7,9H2,(H,15,16)/t13-/m0/s1. The molecule has 1 saturated carbocycles. The summed E-state index contributed by atoms with van der Waals surface area (Å²) in [5, 5.41) is 1.88. The van der Waals surface area contributed by atoms with E-state index in [0.29, 0.717) is 0 Å². The van der Waals surface area contributed by atoms with Crippen molar-refractivity contribution in [2.45, 2.75) is 35.4 Å². The molecule has 6 nitrogen and oxygen atoms in total. The van der Waals surface area contributed by atoms with Crippen molar-refractivity contribution >= 4 is 25.6 Å². The highest BCUT2D eigenvalue weighted by atomic mass is 32.2. The van der Waals surface area contributed by atoms with Crippen molar-refractivity contribution in [2.75, 3.05) is 11.5 Å². The molecule has 1 aromatic carbocycles. The summed E-state index contributed by atoms with van der Waals surface area (Å²) >= 11 is 0. The molecule has 8 heteroatoms. The molecule has 1 heterocycles. The summed E-state index contributed by atoms with van der Waals surface area (Å²) in [6.45, 7) is 0. The van der Waals surface area contributed by atoms with Gasteiger partial charge in [-0.2, -0.15) is 0 Å². The Hall–Kier alpha value is -1.41. The van der Waals surface area contributed by atoms with Crippen LogP contribution in [0.15, 0.2) is 29.2 Å². The third-order valence-corrected chi connectivity index (χ3v) is 8.14. The summed E-state index contributed by atoms with van der Waals surface area (Å²) in [5.41, 5.74) is 0.286. The van der Waals surface area contributed by atoms with Crippen molar-refractivity contribution in [3.8, 4) is 0 Å². The zero-order valence-corrected chi connectivity index (χ0v) is 13.5. The first-order valence-corrected chi connectivity index (χ1v) is 10.5. The third kappa shape index (κ3) is 3.17. The number of benzene rings is 1. The summed E-state index contributed by atoms with van der Waals surface area (Å²) < 4.78 is 48.1. The molecule has 1 aliphatic carbocycles. The first kappa shape index (κ1) is 15.5. The molecular formula is C14H17NO5S2. The Labute approximate surface area is 129 Å². The highest BCUT2D eigenvalue weighted by Gasteiger charge is 2.38. The maximum Gasteiger partial charge on any atom is 0.251 e. The first-order valence-electron chi connectivity index (χ1n) is 7.13. The van der Waals surface area contributed by atoms with Crippen LogP contribution in [0.25, 0.3) is 0 Å². The van der Waals surface area contributed by atoms with E-state index in [-0.39, 0.29) is 40.3 Å². The third-order valence-electron chi connectivity index (χ3n) is 3.97. The lowest BCUT2D eigenvalue weighted by Crippen LogP contribution is -2.26. The van der Waals surface area contributed by atoms with Gasteiger partial charge in [0.05, 0.1) is 21.7 Å². The SMILES string of the molecule is O=C(NC1CC1)c1cccc(S(=O)(=O)[C@H]2CCS(=O)(=O)C2)c1. The van der Waals surface area contributed by atoms with Gasteiger partial charge in [0, 0.05) is 11.6 Å². The minimum atomic E-state index is -3.74. The van der Waals surface area contributed by atoms with Gasteiger partial charge in [-0.25, -0.2) is 16.8 Å². The van der Waals surface area contributed by atoms with Crippen molar-refractivity contribution in [1.29, 1.82) is 0 Å². The quantitative estimate of drug-likeness (QED) is 0.860. The molecule has 2 aliphatic rings. The molecule has 0 bridgehead atoms. The molecule has 1 amide bonds. The fraction of sp³-hybridized carbons (Fsp3) is 0.500. The zero-order chi connectivity index (χ0) is 16.0. The highest BCUT2D eigenvalue weighted by molar-refractivity contribution is 7.96. The van der Waals surface area contributed by atoms with Gasteiger partial charge < -0.3 is 5.32 Å². The van der Waals surface area contributed by atoms with Crippen molar-refractivity contribution in [1.82, 2.24) is 5.32 Å². The monoisotopic (exact) mass is 343 g/mol. The van der Waals surface area contributed by atoms with Crippen LogP contribution in [-0.2, 0) is 19.7 Å². The number of carbonyl (C=O) groups excluding carboxylic acids is 1. The first-order chi connectivity index (χ1) is 10.3. The second kappa shape index (κ2) is 5.34. The Kier molecular flexibility index (Phi) is 3.76. The van der Waals surface area contributed by atoms with Crippen LogP contribution >= 0.6 is 0 Å². The second-order valence-electron chi connectivity index (χ2n) is 5.85. The summed E-state index contributed by atoms with van der Waals surface area (Å²) in [7, 11) is -7.02. The minimum Gasteiger partial charge on any atom is -0.349 e. The smallest absolute Gasteiger partial charge is 0.251 e. The predicted octanol–water partition coefficient (Wildman–Crippen LogP) is 0.540. The zero-order valence-electron chi connectivity index (χ0n) is 11.9. The molecule has 1 atom stereocenters. The number of hydrogen-bond donors (Lipinski definition) is 1. The van der Waals surface area contributed by atoms with E-state index in [1.165, 1.54) is 18.2 Å². The predicted molar refractivity (Wildman–Crippen MR) is 81.2 cm³/mol. The highest BCUT2D eigenvalue weighted by Crippen LogP contribution is 2.26. The summed E-state index contributed by atoms with van der Waals surface area (Å²) in [6.07, 6.45) is 2.01. The number of sulfone groups is 2. The maximum absolute atomic E-state index is 12.5. The van der Waals surface area contributed by atoms with E-state index >= 15 is 0 Å². The molecule has 0 spiro atoms. The van der Waals surface area contributed by atoms with E-state index < -0.39 is 24.9 Å². The van der Waals surface area contributed by atoms with Crippen LogP contribution in [0.5, 0.6) is 0 Å². The Morgan fingerprint density at radius 1 is 1.18 bits per heavy atom. The Balaban J connectivity index is 1.86. The lowest BCUT2D eigenvalue weighted by Gasteiger charge is -2.11. The van der Waals surface area contributed by atoms with Gasteiger partial charge in [-0.3, -0.25) is 4.79 Å². The number of hydrogen-bond acceptors (Lipinski definition) is 5. The van der Waals surface area contributed by atoms with Gasteiger partial charge in [0.1, 0.15) is 0 Å². The fourth-order valence-electron chi connectivity index (χ4n) is 2.51. The second-order valence-corrected chi connectivity index (χ2v) is 10.3. The lowest BCUT2D eigenvalue weighted by atomic mass is 10.2. The Morgan fingerprint density at radius 3 is 2.50 bits per heavy atom. The summed E-state index contributed by atoms with van der Waals surface area (Å²) in [4.78, 5) is 12.0. The van der Waals surface area contributed by atoms with Crippen LogP contribution in [0.1, 0.15) is 29.6 Å². The van der Waals surface area contributed by atoms with Crippen LogP contribution < -0.4 is 5.32 Å². The maximum atomic E-state index is 12.5.